The minimum atomic E-state index is -4.39. The second kappa shape index (κ2) is 17.9. The van der Waals surface area contributed by atoms with Crippen molar-refractivity contribution in [2.75, 3.05) is 52.7 Å². The molecule has 0 unspecified atom stereocenters. The molecule has 2 heterocycles. The van der Waals surface area contributed by atoms with E-state index in [0.717, 1.165) is 53.3 Å². The average molecular weight is 717 g/mol. The van der Waals surface area contributed by atoms with Crippen LogP contribution in [0.4, 0.5) is 13.2 Å². The first kappa shape index (κ1) is 37.4. The van der Waals surface area contributed by atoms with Gasteiger partial charge in [-0.3, -0.25) is 9.69 Å². The second-order valence-electron chi connectivity index (χ2n) is 13.6. The van der Waals surface area contributed by atoms with Crippen LogP contribution < -0.4 is 9.47 Å². The van der Waals surface area contributed by atoms with Crippen LogP contribution in [0.3, 0.4) is 0 Å². The van der Waals surface area contributed by atoms with Crippen molar-refractivity contribution in [2.45, 2.75) is 58.4 Å². The van der Waals surface area contributed by atoms with Crippen molar-refractivity contribution in [3.8, 4) is 11.5 Å². The zero-order chi connectivity index (χ0) is 36.3. The maximum atomic E-state index is 12.9. The topological polar surface area (TPSA) is 60.5 Å². The molecule has 0 N–H and O–H groups in total. The van der Waals surface area contributed by atoms with Gasteiger partial charge in [-0.15, -0.1) is 0 Å². The predicted molar refractivity (Wildman–Crippen MR) is 194 cm³/mol. The SMILES string of the molecule is Cc1ccc2c(c1)Cc1cccc(c1)CN(Cc1ccc3c(c1)Cc1cccc(c1)CN(C(=O)CCC(F)(F)F)CCOCCO3)CCOCCO2. The largest absolute Gasteiger partial charge is 0.491 e. The maximum absolute atomic E-state index is 12.9. The molecule has 6 rings (SSSR count). The third-order valence-electron chi connectivity index (χ3n) is 9.30. The van der Waals surface area contributed by atoms with E-state index in [2.05, 4.69) is 66.4 Å². The van der Waals surface area contributed by atoms with Crippen molar-refractivity contribution in [2.24, 2.45) is 0 Å². The van der Waals surface area contributed by atoms with Crippen LogP contribution in [0.5, 0.6) is 11.5 Å². The second-order valence-corrected chi connectivity index (χ2v) is 13.6. The molecule has 0 aromatic heterocycles. The third kappa shape index (κ3) is 11.3. The molecular formula is C42H47F3N2O5. The smallest absolute Gasteiger partial charge is 0.389 e. The Morgan fingerprint density at radius 3 is 1.94 bits per heavy atom. The number of alkyl halides is 3. The van der Waals surface area contributed by atoms with Crippen LogP contribution >= 0.6 is 0 Å². The van der Waals surface area contributed by atoms with E-state index in [1.807, 2.05) is 30.3 Å². The standard InChI is InChI=1S/C42H47F3N2O5/c1-31-8-10-39-37(22-31)25-32-4-2-6-34(23-32)28-46(14-16-49-18-20-51-39)29-36-9-11-40-38(27-36)26-33-5-3-7-35(24-33)30-47(15-17-50-19-21-52-40)41(48)12-13-42(43,44)45/h2-11,22-24,27H,12-21,25-26,28-30H2,1H3. The molecule has 4 bridgehead atoms. The van der Waals surface area contributed by atoms with E-state index in [-0.39, 0.29) is 19.7 Å². The van der Waals surface area contributed by atoms with E-state index in [9.17, 15) is 18.0 Å². The normalized spacial score (nSPS) is 16.7. The number of aryl methyl sites for hydroxylation is 1. The van der Waals surface area contributed by atoms with Gasteiger partial charge in [0.2, 0.25) is 5.91 Å². The number of amides is 1. The number of halogens is 3. The van der Waals surface area contributed by atoms with E-state index >= 15 is 0 Å². The van der Waals surface area contributed by atoms with Crippen molar-refractivity contribution < 1.29 is 36.9 Å². The van der Waals surface area contributed by atoms with Gasteiger partial charge in [0.1, 0.15) is 24.7 Å². The van der Waals surface area contributed by atoms with Crippen molar-refractivity contribution in [1.29, 1.82) is 0 Å². The van der Waals surface area contributed by atoms with Gasteiger partial charge in [0.15, 0.2) is 0 Å². The Morgan fingerprint density at radius 2 is 1.27 bits per heavy atom. The number of carbonyl (C=O) groups is 1. The molecule has 1 amide bonds. The Labute approximate surface area is 304 Å². The van der Waals surface area contributed by atoms with Gasteiger partial charge >= 0.3 is 6.18 Å². The fourth-order valence-electron chi connectivity index (χ4n) is 6.76. The van der Waals surface area contributed by atoms with Gasteiger partial charge in [-0.2, -0.15) is 13.2 Å². The molecule has 0 radical (unpaired) electrons. The first-order valence-electron chi connectivity index (χ1n) is 18.0. The first-order valence-corrected chi connectivity index (χ1v) is 18.0. The number of nitrogens with zero attached hydrogens (tertiary/aromatic N) is 2. The van der Waals surface area contributed by atoms with Gasteiger partial charge in [-0.25, -0.2) is 0 Å². The van der Waals surface area contributed by atoms with Gasteiger partial charge in [0.25, 0.3) is 0 Å². The highest BCUT2D eigenvalue weighted by Gasteiger charge is 2.29. The summed E-state index contributed by atoms with van der Waals surface area (Å²) in [5, 5.41) is 0. The Morgan fingerprint density at radius 1 is 0.673 bits per heavy atom. The predicted octanol–water partition coefficient (Wildman–Crippen LogP) is 7.67. The van der Waals surface area contributed by atoms with E-state index in [0.29, 0.717) is 46.0 Å². The summed E-state index contributed by atoms with van der Waals surface area (Å²) in [7, 11) is 0. The molecule has 52 heavy (non-hydrogen) atoms. The fraction of sp³-hybridized carbons (Fsp3) is 0.405. The van der Waals surface area contributed by atoms with Crippen molar-refractivity contribution >= 4 is 5.91 Å². The number of fused-ring (bicyclic) bond motifs is 6. The van der Waals surface area contributed by atoms with Crippen LogP contribution in [-0.2, 0) is 46.7 Å². The van der Waals surface area contributed by atoms with Gasteiger partial charge in [0.05, 0.1) is 32.8 Å². The molecular weight excluding hydrogens is 669 g/mol. The summed E-state index contributed by atoms with van der Waals surface area (Å²) in [6, 6.07) is 29.3. The summed E-state index contributed by atoms with van der Waals surface area (Å²) in [6.07, 6.45) is -4.74. The lowest BCUT2D eigenvalue weighted by molar-refractivity contribution is -0.149. The Kier molecular flexibility index (Phi) is 12.9. The fourth-order valence-corrected chi connectivity index (χ4v) is 6.76. The Hall–Kier alpha value is -4.38. The highest BCUT2D eigenvalue weighted by atomic mass is 19.4. The van der Waals surface area contributed by atoms with E-state index in [1.165, 1.54) is 27.2 Å². The van der Waals surface area contributed by atoms with Crippen molar-refractivity contribution in [1.82, 2.24) is 9.80 Å². The number of benzene rings is 4. The molecule has 4 aromatic carbocycles. The van der Waals surface area contributed by atoms with Crippen molar-refractivity contribution in [3.05, 3.63) is 129 Å². The molecule has 0 fully saturated rings. The van der Waals surface area contributed by atoms with E-state index < -0.39 is 24.9 Å². The van der Waals surface area contributed by atoms with E-state index in [4.69, 9.17) is 18.9 Å². The van der Waals surface area contributed by atoms with Gasteiger partial charge in [0, 0.05) is 52.0 Å². The van der Waals surface area contributed by atoms with Crippen LogP contribution in [0.25, 0.3) is 0 Å². The van der Waals surface area contributed by atoms with Crippen LogP contribution in [0, 0.1) is 6.92 Å². The number of carbonyl (C=O) groups excluding carboxylic acids is 1. The lowest BCUT2D eigenvalue weighted by Gasteiger charge is -2.25. The van der Waals surface area contributed by atoms with Crippen LogP contribution in [-0.4, -0.2) is 74.6 Å². The molecule has 0 saturated carbocycles. The maximum Gasteiger partial charge on any atom is 0.389 e. The van der Waals surface area contributed by atoms with Crippen LogP contribution in [0.2, 0.25) is 0 Å². The summed E-state index contributed by atoms with van der Waals surface area (Å²) < 4.78 is 62.7. The zero-order valence-corrected chi connectivity index (χ0v) is 29.8. The summed E-state index contributed by atoms with van der Waals surface area (Å²) in [4.78, 5) is 16.7. The summed E-state index contributed by atoms with van der Waals surface area (Å²) in [6.45, 7) is 7.09. The summed E-state index contributed by atoms with van der Waals surface area (Å²) in [5.74, 6) is 1.15. The minimum absolute atomic E-state index is 0.203. The zero-order valence-electron chi connectivity index (χ0n) is 29.8. The molecule has 0 saturated heterocycles. The molecule has 4 aromatic rings. The molecule has 2 aliphatic heterocycles. The minimum Gasteiger partial charge on any atom is -0.491 e. The number of rotatable bonds is 4. The first-order chi connectivity index (χ1) is 25.2. The lowest BCUT2D eigenvalue weighted by Crippen LogP contribution is -2.34. The molecule has 2 aliphatic rings. The molecule has 7 nitrogen and oxygen atoms in total. The van der Waals surface area contributed by atoms with Crippen LogP contribution in [0.1, 0.15) is 57.3 Å². The van der Waals surface area contributed by atoms with Gasteiger partial charge < -0.3 is 23.8 Å². The molecule has 0 spiro atoms. The summed E-state index contributed by atoms with van der Waals surface area (Å²) >= 11 is 0. The van der Waals surface area contributed by atoms with Gasteiger partial charge in [-0.05, 0) is 58.0 Å². The van der Waals surface area contributed by atoms with Crippen LogP contribution in [0.15, 0.2) is 84.9 Å². The molecule has 0 atom stereocenters. The van der Waals surface area contributed by atoms with E-state index in [1.54, 1.807) is 0 Å². The number of hydrogen-bond acceptors (Lipinski definition) is 6. The highest BCUT2D eigenvalue weighted by Crippen LogP contribution is 2.28. The Balaban J connectivity index is 1.20. The average Bonchev–Trinajstić information content (AvgIpc) is 3.10. The van der Waals surface area contributed by atoms with Gasteiger partial charge in [-0.1, -0.05) is 78.4 Å². The third-order valence-corrected chi connectivity index (χ3v) is 9.30. The molecule has 10 heteroatoms. The lowest BCUT2D eigenvalue weighted by atomic mass is 9.99. The summed E-state index contributed by atoms with van der Waals surface area (Å²) in [5.41, 5.74) is 8.89. The number of hydrogen-bond donors (Lipinski definition) is 0. The molecule has 276 valence electrons. The quantitative estimate of drug-likeness (QED) is 0.216. The Bertz CT molecular complexity index is 1800. The number of ether oxygens (including phenoxy) is 4. The monoisotopic (exact) mass is 716 g/mol. The highest BCUT2D eigenvalue weighted by molar-refractivity contribution is 5.76. The van der Waals surface area contributed by atoms with Crippen molar-refractivity contribution in [3.63, 3.8) is 0 Å². The molecule has 0 aliphatic carbocycles.